The van der Waals surface area contributed by atoms with Gasteiger partial charge in [-0.25, -0.2) is 9.59 Å². The Hall–Kier alpha value is -2.45. The first-order chi connectivity index (χ1) is 14.1. The van der Waals surface area contributed by atoms with Crippen LogP contribution in [0, 0.1) is 5.92 Å². The molecule has 164 valence electrons. The van der Waals surface area contributed by atoms with Crippen molar-refractivity contribution in [3.63, 3.8) is 0 Å². The number of carbonyl (C=O) groups is 3. The van der Waals surface area contributed by atoms with Gasteiger partial charge in [-0.2, -0.15) is 0 Å². The second-order valence-electron chi connectivity index (χ2n) is 8.15. The molecule has 30 heavy (non-hydrogen) atoms. The number of hydrogen-bond donors (Lipinski definition) is 1. The number of ether oxygens (including phenoxy) is 4. The third-order valence-corrected chi connectivity index (χ3v) is 6.04. The predicted molar refractivity (Wildman–Crippen MR) is 105 cm³/mol. The molecule has 0 amide bonds. The van der Waals surface area contributed by atoms with Gasteiger partial charge in [0.05, 0.1) is 18.1 Å². The molecule has 0 saturated carbocycles. The van der Waals surface area contributed by atoms with Crippen LogP contribution in [-0.2, 0) is 33.3 Å². The fourth-order valence-corrected chi connectivity index (χ4v) is 3.97. The summed E-state index contributed by atoms with van der Waals surface area (Å²) in [6.07, 6.45) is 1.04. The van der Waals surface area contributed by atoms with E-state index in [1.807, 2.05) is 0 Å². The number of epoxide rings is 1. The Morgan fingerprint density at radius 1 is 1.40 bits per heavy atom. The van der Waals surface area contributed by atoms with E-state index >= 15 is 0 Å². The van der Waals surface area contributed by atoms with E-state index in [4.69, 9.17) is 18.9 Å². The standard InChI is InChI=1S/C22H28O8/c1-6-11(2)20(25)29-17-9-22(10-27-14(5)23)18(30-22)8-15(24)12(3)7-16-19(17)13(4)21(26)28-16/h6-7,15-19,24H,4,8-10H2,1-3,5H3/b11-6-,12-7?/t15-,16+,17+,18+,19-,22-/m0/s1. The highest BCUT2D eigenvalue weighted by Gasteiger charge is 2.61. The third kappa shape index (κ3) is 4.34. The second-order valence-corrected chi connectivity index (χ2v) is 8.15. The Labute approximate surface area is 175 Å². The van der Waals surface area contributed by atoms with E-state index in [1.54, 1.807) is 32.9 Å². The Morgan fingerprint density at radius 3 is 2.73 bits per heavy atom. The smallest absolute Gasteiger partial charge is 0.334 e. The largest absolute Gasteiger partial charge is 0.463 e. The van der Waals surface area contributed by atoms with Crippen molar-refractivity contribution in [1.82, 2.24) is 0 Å². The third-order valence-electron chi connectivity index (χ3n) is 6.04. The van der Waals surface area contributed by atoms with Crippen molar-refractivity contribution in [3.8, 4) is 0 Å². The van der Waals surface area contributed by atoms with Crippen molar-refractivity contribution in [2.75, 3.05) is 6.61 Å². The molecule has 8 heteroatoms. The van der Waals surface area contributed by atoms with Gasteiger partial charge in [0.25, 0.3) is 0 Å². The molecule has 8 nitrogen and oxygen atoms in total. The Kier molecular flexibility index (Phi) is 6.19. The lowest BCUT2D eigenvalue weighted by atomic mass is 9.81. The fraction of sp³-hybridized carbons (Fsp3) is 0.591. The summed E-state index contributed by atoms with van der Waals surface area (Å²) in [6.45, 7) is 10.2. The molecule has 2 fully saturated rings. The van der Waals surface area contributed by atoms with Crippen LogP contribution in [0.3, 0.4) is 0 Å². The van der Waals surface area contributed by atoms with Crippen LogP contribution in [0.2, 0.25) is 0 Å². The quantitative estimate of drug-likeness (QED) is 0.241. The minimum Gasteiger partial charge on any atom is -0.463 e. The summed E-state index contributed by atoms with van der Waals surface area (Å²) in [7, 11) is 0. The normalized spacial score (nSPS) is 36.1. The molecule has 1 aliphatic carbocycles. The van der Waals surface area contributed by atoms with E-state index in [1.165, 1.54) is 6.92 Å². The van der Waals surface area contributed by atoms with E-state index in [0.29, 0.717) is 11.1 Å². The Bertz CT molecular complexity index is 825. The number of fused-ring (bicyclic) bond motifs is 2. The maximum absolute atomic E-state index is 12.6. The highest BCUT2D eigenvalue weighted by atomic mass is 16.6. The second kappa shape index (κ2) is 8.35. The average Bonchev–Trinajstić information content (AvgIpc) is 3.27. The zero-order valence-corrected chi connectivity index (χ0v) is 17.7. The van der Waals surface area contributed by atoms with Crippen LogP contribution in [0.25, 0.3) is 0 Å². The van der Waals surface area contributed by atoms with Gasteiger partial charge in [0.2, 0.25) is 0 Å². The number of aliphatic hydroxyl groups excluding tert-OH is 1. The summed E-state index contributed by atoms with van der Waals surface area (Å²) in [5.74, 6) is -2.21. The SMILES string of the molecule is C=C1C(=O)O[C@@H]2C=C(C)[C@@H](O)C[C@H]3O[C@]3(COC(C)=O)C[C@@H](OC(=O)/C(C)=C\C)[C@@H]12. The molecule has 6 atom stereocenters. The van der Waals surface area contributed by atoms with Gasteiger partial charge in [0, 0.05) is 30.9 Å². The van der Waals surface area contributed by atoms with Crippen molar-refractivity contribution >= 4 is 17.9 Å². The summed E-state index contributed by atoms with van der Waals surface area (Å²) in [6, 6.07) is 0. The van der Waals surface area contributed by atoms with Gasteiger partial charge < -0.3 is 24.1 Å². The van der Waals surface area contributed by atoms with Gasteiger partial charge >= 0.3 is 17.9 Å². The number of hydrogen-bond acceptors (Lipinski definition) is 8. The molecule has 0 spiro atoms. The van der Waals surface area contributed by atoms with Crippen molar-refractivity contribution in [1.29, 1.82) is 0 Å². The molecule has 2 saturated heterocycles. The first-order valence-electron chi connectivity index (χ1n) is 9.99. The van der Waals surface area contributed by atoms with Crippen LogP contribution < -0.4 is 0 Å². The molecule has 0 aromatic carbocycles. The fourth-order valence-electron chi connectivity index (χ4n) is 3.97. The van der Waals surface area contributed by atoms with Gasteiger partial charge in [-0.15, -0.1) is 0 Å². The predicted octanol–water partition coefficient (Wildman–Crippen LogP) is 1.76. The Morgan fingerprint density at radius 2 is 2.10 bits per heavy atom. The molecule has 1 N–H and O–H groups in total. The summed E-state index contributed by atoms with van der Waals surface area (Å²) in [5.41, 5.74) is 0.301. The number of esters is 3. The maximum Gasteiger partial charge on any atom is 0.334 e. The summed E-state index contributed by atoms with van der Waals surface area (Å²) in [5, 5.41) is 10.5. The molecular weight excluding hydrogens is 392 g/mol. The number of allylic oxidation sites excluding steroid dienone is 1. The summed E-state index contributed by atoms with van der Waals surface area (Å²) >= 11 is 0. The van der Waals surface area contributed by atoms with Crippen molar-refractivity contribution in [3.05, 3.63) is 35.5 Å². The van der Waals surface area contributed by atoms with Gasteiger partial charge in [-0.05, 0) is 32.4 Å². The monoisotopic (exact) mass is 420 g/mol. The molecule has 0 bridgehead atoms. The highest BCUT2D eigenvalue weighted by molar-refractivity contribution is 5.92. The van der Waals surface area contributed by atoms with E-state index in [0.717, 1.165) is 0 Å². The zero-order chi connectivity index (χ0) is 22.2. The average molecular weight is 420 g/mol. The van der Waals surface area contributed by atoms with E-state index < -0.39 is 47.7 Å². The van der Waals surface area contributed by atoms with Gasteiger partial charge in [-0.3, -0.25) is 4.79 Å². The van der Waals surface area contributed by atoms with Crippen LogP contribution >= 0.6 is 0 Å². The number of aliphatic hydroxyl groups is 1. The Balaban J connectivity index is 2.00. The van der Waals surface area contributed by atoms with Gasteiger partial charge in [0.1, 0.15) is 24.4 Å². The molecule has 2 heterocycles. The highest BCUT2D eigenvalue weighted by Crippen LogP contribution is 2.48. The van der Waals surface area contributed by atoms with E-state index in [2.05, 4.69) is 6.58 Å². The number of carbonyl (C=O) groups excluding carboxylic acids is 3. The summed E-state index contributed by atoms with van der Waals surface area (Å²) < 4.78 is 22.3. The number of rotatable bonds is 4. The lowest BCUT2D eigenvalue weighted by molar-refractivity contribution is -0.151. The molecule has 3 rings (SSSR count). The first-order valence-corrected chi connectivity index (χ1v) is 9.99. The lowest BCUT2D eigenvalue weighted by Crippen LogP contribution is -2.40. The van der Waals surface area contributed by atoms with Crippen LogP contribution in [0.4, 0.5) is 0 Å². The van der Waals surface area contributed by atoms with Crippen LogP contribution in [0.15, 0.2) is 35.5 Å². The molecule has 0 unspecified atom stereocenters. The van der Waals surface area contributed by atoms with Gasteiger partial charge in [0.15, 0.2) is 0 Å². The van der Waals surface area contributed by atoms with Crippen molar-refractivity contribution in [2.24, 2.45) is 5.92 Å². The lowest BCUT2D eigenvalue weighted by Gasteiger charge is -2.30. The summed E-state index contributed by atoms with van der Waals surface area (Å²) in [4.78, 5) is 36.2. The molecule has 3 aliphatic rings. The molecule has 2 aliphatic heterocycles. The van der Waals surface area contributed by atoms with Crippen LogP contribution in [0.5, 0.6) is 0 Å². The molecule has 0 aromatic heterocycles. The van der Waals surface area contributed by atoms with Crippen molar-refractivity contribution in [2.45, 2.75) is 70.6 Å². The van der Waals surface area contributed by atoms with Crippen molar-refractivity contribution < 1.29 is 38.4 Å². The van der Waals surface area contributed by atoms with Crippen LogP contribution in [-0.4, -0.2) is 59.6 Å². The van der Waals surface area contributed by atoms with E-state index in [-0.39, 0.29) is 31.1 Å². The maximum atomic E-state index is 12.6. The van der Waals surface area contributed by atoms with Crippen LogP contribution in [0.1, 0.15) is 40.5 Å². The minimum atomic E-state index is -0.921. The molecule has 0 radical (unpaired) electrons. The molecule has 0 aromatic rings. The minimum absolute atomic E-state index is 0.0439. The molecular formula is C22H28O8. The van der Waals surface area contributed by atoms with E-state index in [9.17, 15) is 19.5 Å². The van der Waals surface area contributed by atoms with Gasteiger partial charge in [-0.1, -0.05) is 12.7 Å². The first kappa shape index (κ1) is 22.2. The topological polar surface area (TPSA) is 112 Å². The zero-order valence-electron chi connectivity index (χ0n) is 17.7.